The molecule has 0 amide bonds. The summed E-state index contributed by atoms with van der Waals surface area (Å²) in [6.07, 6.45) is -5.12. The highest BCUT2D eigenvalue weighted by molar-refractivity contribution is 5.94. The second-order valence-corrected chi connectivity index (χ2v) is 11.1. The van der Waals surface area contributed by atoms with E-state index < -0.39 is 47.3 Å². The third-order valence-electron chi connectivity index (χ3n) is 6.51. The van der Waals surface area contributed by atoms with E-state index in [4.69, 9.17) is 23.7 Å². The normalized spacial score (nSPS) is 10.6. The van der Waals surface area contributed by atoms with Gasteiger partial charge < -0.3 is 23.7 Å². The highest BCUT2D eigenvalue weighted by Gasteiger charge is 2.38. The van der Waals surface area contributed by atoms with Gasteiger partial charge in [0.05, 0.1) is 0 Å². The molecule has 51 heavy (non-hydrogen) atoms. The molecular formula is C38H31F3O10. The largest absolute Gasteiger partial charge is 0.422 e. The van der Waals surface area contributed by atoms with Gasteiger partial charge in [-0.05, 0) is 74.7 Å². The molecule has 3 aromatic rings. The minimum Gasteiger partial charge on any atom is -0.422 e. The summed E-state index contributed by atoms with van der Waals surface area (Å²) in [5.41, 5.74) is -1.03. The summed E-state index contributed by atoms with van der Waals surface area (Å²) in [6, 6.07) is 12.0. The number of alkyl halides is 3. The summed E-state index contributed by atoms with van der Waals surface area (Å²) in [5.74, 6) is -6.47. The molecule has 0 N–H and O–H groups in total. The zero-order valence-corrected chi connectivity index (χ0v) is 27.9. The number of ether oxygens (including phenoxy) is 5. The number of esters is 5. The molecule has 0 heterocycles. The van der Waals surface area contributed by atoms with Gasteiger partial charge in [0.25, 0.3) is 0 Å². The number of hydrogen-bond donors (Lipinski definition) is 0. The first-order valence-electron chi connectivity index (χ1n) is 14.6. The van der Waals surface area contributed by atoms with Crippen LogP contribution in [0.3, 0.4) is 0 Å². The van der Waals surface area contributed by atoms with Crippen LogP contribution in [0.15, 0.2) is 115 Å². The van der Waals surface area contributed by atoms with Crippen LogP contribution in [0.4, 0.5) is 13.2 Å². The van der Waals surface area contributed by atoms with E-state index in [1.54, 1.807) is 0 Å². The van der Waals surface area contributed by atoms with E-state index in [2.05, 4.69) is 32.9 Å². The predicted octanol–water partition coefficient (Wildman–Crippen LogP) is 7.97. The van der Waals surface area contributed by atoms with Gasteiger partial charge in [-0.2, -0.15) is 13.2 Å². The van der Waals surface area contributed by atoms with Gasteiger partial charge >= 0.3 is 36.0 Å². The van der Waals surface area contributed by atoms with Crippen molar-refractivity contribution in [3.8, 4) is 51.0 Å². The van der Waals surface area contributed by atoms with Crippen molar-refractivity contribution in [1.82, 2.24) is 0 Å². The molecule has 0 aromatic heterocycles. The van der Waals surface area contributed by atoms with Crippen molar-refractivity contribution < 1.29 is 60.8 Å². The first kappa shape index (κ1) is 38.9. The standard InChI is InChI=1S/C38H31F3O10/c1-19(2)33(42)47-28-14-11-25(17-31(28)50-35(44)21(5)6)24-10-13-27(30(16-24)49-37(46)23(9)38(39,40)41)26-12-15-29(48-34(43)20(3)4)32(18-26)51-36(45)22(7)8/h10-18H,1,3,5,7,9H2,2,4,6,8H3. The number of carbonyl (C=O) groups is 5. The van der Waals surface area contributed by atoms with Crippen LogP contribution in [0.25, 0.3) is 22.3 Å². The maximum Gasteiger partial charge on any atom is 0.422 e. The lowest BCUT2D eigenvalue weighted by Gasteiger charge is -2.17. The van der Waals surface area contributed by atoms with Crippen molar-refractivity contribution in [1.29, 1.82) is 0 Å². The molecule has 0 atom stereocenters. The molecule has 0 aliphatic heterocycles. The van der Waals surface area contributed by atoms with Crippen LogP contribution < -0.4 is 23.7 Å². The summed E-state index contributed by atoms with van der Waals surface area (Å²) in [6.45, 7) is 22.4. The van der Waals surface area contributed by atoms with Gasteiger partial charge in [0.15, 0.2) is 23.0 Å². The van der Waals surface area contributed by atoms with Crippen LogP contribution in [0, 0.1) is 0 Å². The van der Waals surface area contributed by atoms with Crippen molar-refractivity contribution >= 4 is 29.8 Å². The van der Waals surface area contributed by atoms with E-state index in [-0.39, 0.29) is 67.5 Å². The maximum atomic E-state index is 13.4. The Labute approximate surface area is 290 Å². The number of rotatable bonds is 12. The Hall–Kier alpha value is -6.50. The number of carbonyl (C=O) groups excluding carboxylic acids is 5. The molecule has 264 valence electrons. The smallest absolute Gasteiger partial charge is 0.422 e. The summed E-state index contributed by atoms with van der Waals surface area (Å²) < 4.78 is 66.7. The summed E-state index contributed by atoms with van der Waals surface area (Å²) in [5, 5.41) is 0. The Morgan fingerprint density at radius 1 is 0.451 bits per heavy atom. The second-order valence-electron chi connectivity index (χ2n) is 11.1. The van der Waals surface area contributed by atoms with E-state index >= 15 is 0 Å². The molecule has 3 aromatic carbocycles. The van der Waals surface area contributed by atoms with Gasteiger partial charge in [0, 0.05) is 27.9 Å². The van der Waals surface area contributed by atoms with Crippen molar-refractivity contribution in [2.45, 2.75) is 33.9 Å². The van der Waals surface area contributed by atoms with Crippen molar-refractivity contribution in [2.75, 3.05) is 0 Å². The van der Waals surface area contributed by atoms with Crippen LogP contribution in [0.5, 0.6) is 28.7 Å². The molecule has 0 saturated carbocycles. The molecule has 0 spiro atoms. The molecule has 0 bridgehead atoms. The van der Waals surface area contributed by atoms with E-state index in [9.17, 15) is 37.1 Å². The van der Waals surface area contributed by atoms with Crippen molar-refractivity contribution in [2.24, 2.45) is 0 Å². The van der Waals surface area contributed by atoms with Crippen LogP contribution in [-0.4, -0.2) is 36.0 Å². The Kier molecular flexibility index (Phi) is 12.1. The SMILES string of the molecule is C=C(C)C(=O)Oc1ccc(-c2ccc(-c3ccc(OC(=O)C(=C)C)c(OC(=O)C(=C)C)c3)c(OC(=O)C(=C)C(F)(F)F)c2)cc1OC(=O)C(=C)C. The minimum atomic E-state index is -5.12. The lowest BCUT2D eigenvalue weighted by atomic mass is 9.98. The number of hydrogen-bond acceptors (Lipinski definition) is 10. The third kappa shape index (κ3) is 10.0. The fraction of sp³-hybridized carbons (Fsp3) is 0.132. The molecule has 0 fully saturated rings. The molecule has 0 aliphatic rings. The molecule has 0 unspecified atom stereocenters. The van der Waals surface area contributed by atoms with Gasteiger partial charge in [-0.25, -0.2) is 24.0 Å². The van der Waals surface area contributed by atoms with Gasteiger partial charge in [-0.15, -0.1) is 0 Å². The highest BCUT2D eigenvalue weighted by atomic mass is 19.4. The molecule has 3 rings (SSSR count). The quantitative estimate of drug-likeness (QED) is 0.104. The van der Waals surface area contributed by atoms with Crippen LogP contribution in [-0.2, 0) is 24.0 Å². The predicted molar refractivity (Wildman–Crippen MR) is 180 cm³/mol. The second kappa shape index (κ2) is 15.8. The van der Waals surface area contributed by atoms with Crippen LogP contribution >= 0.6 is 0 Å². The van der Waals surface area contributed by atoms with Crippen molar-refractivity contribution in [3.05, 3.63) is 115 Å². The summed E-state index contributed by atoms with van der Waals surface area (Å²) in [4.78, 5) is 62.0. The van der Waals surface area contributed by atoms with Crippen LogP contribution in [0.2, 0.25) is 0 Å². The number of halogens is 3. The first-order valence-corrected chi connectivity index (χ1v) is 14.6. The zero-order chi connectivity index (χ0) is 38.4. The summed E-state index contributed by atoms with van der Waals surface area (Å²) >= 11 is 0. The van der Waals surface area contributed by atoms with E-state index in [1.165, 1.54) is 82.3 Å². The molecule has 10 nitrogen and oxygen atoms in total. The monoisotopic (exact) mass is 704 g/mol. The first-order chi connectivity index (χ1) is 23.7. The molecule has 0 saturated heterocycles. The fourth-order valence-corrected chi connectivity index (χ4v) is 3.74. The Morgan fingerprint density at radius 3 is 1.16 bits per heavy atom. The number of benzene rings is 3. The van der Waals surface area contributed by atoms with Crippen molar-refractivity contribution in [3.63, 3.8) is 0 Å². The Balaban J connectivity index is 2.24. The zero-order valence-electron chi connectivity index (χ0n) is 27.9. The molecule has 0 aliphatic carbocycles. The molecule has 0 radical (unpaired) electrons. The van der Waals surface area contributed by atoms with Crippen LogP contribution in [0.1, 0.15) is 27.7 Å². The Morgan fingerprint density at radius 2 is 0.765 bits per heavy atom. The van der Waals surface area contributed by atoms with E-state index in [0.29, 0.717) is 0 Å². The van der Waals surface area contributed by atoms with Gasteiger partial charge in [0.2, 0.25) is 0 Å². The van der Waals surface area contributed by atoms with Gasteiger partial charge in [0.1, 0.15) is 11.3 Å². The Bertz CT molecular complexity index is 2040. The van der Waals surface area contributed by atoms with Gasteiger partial charge in [-0.1, -0.05) is 57.2 Å². The topological polar surface area (TPSA) is 132 Å². The lowest BCUT2D eigenvalue weighted by molar-refractivity contribution is -0.142. The lowest BCUT2D eigenvalue weighted by Crippen LogP contribution is -2.23. The van der Waals surface area contributed by atoms with E-state index in [1.807, 2.05) is 0 Å². The average molecular weight is 705 g/mol. The van der Waals surface area contributed by atoms with E-state index in [0.717, 1.165) is 0 Å². The third-order valence-corrected chi connectivity index (χ3v) is 6.51. The summed E-state index contributed by atoms with van der Waals surface area (Å²) in [7, 11) is 0. The molecular weight excluding hydrogens is 673 g/mol. The fourth-order valence-electron chi connectivity index (χ4n) is 3.74. The maximum absolute atomic E-state index is 13.4. The molecule has 13 heteroatoms. The average Bonchev–Trinajstić information content (AvgIpc) is 3.05. The highest BCUT2D eigenvalue weighted by Crippen LogP contribution is 2.41. The minimum absolute atomic E-state index is 0.00377. The van der Waals surface area contributed by atoms with Gasteiger partial charge in [-0.3, -0.25) is 0 Å².